The highest BCUT2D eigenvalue weighted by Gasteiger charge is 2.12. The molecule has 2 aromatic rings. The minimum Gasteiger partial charge on any atom is -0.488 e. The van der Waals surface area contributed by atoms with Gasteiger partial charge in [0.15, 0.2) is 11.6 Å². The molecule has 0 radical (unpaired) electrons. The van der Waals surface area contributed by atoms with Crippen molar-refractivity contribution in [2.45, 2.75) is 6.42 Å². The van der Waals surface area contributed by atoms with E-state index in [-0.39, 0.29) is 36.6 Å². The van der Waals surface area contributed by atoms with E-state index >= 15 is 0 Å². The van der Waals surface area contributed by atoms with Gasteiger partial charge in [0.05, 0.1) is 12.2 Å². The highest BCUT2D eigenvalue weighted by Crippen LogP contribution is 2.21. The maximum atomic E-state index is 13.9. The van der Waals surface area contributed by atoms with Crippen LogP contribution in [0.25, 0.3) is 0 Å². The van der Waals surface area contributed by atoms with E-state index in [1.807, 2.05) is 0 Å². The lowest BCUT2D eigenvalue weighted by Crippen LogP contribution is -2.28. The third-order valence-corrected chi connectivity index (χ3v) is 4.26. The molecule has 28 heavy (non-hydrogen) atoms. The van der Waals surface area contributed by atoms with E-state index in [4.69, 9.17) is 9.47 Å². The van der Waals surface area contributed by atoms with Crippen LogP contribution in [0.3, 0.4) is 0 Å². The van der Waals surface area contributed by atoms with Crippen LogP contribution in [-0.2, 0) is 9.53 Å². The molecule has 9 heteroatoms. The first-order chi connectivity index (χ1) is 13.4. The molecule has 0 aliphatic carbocycles. The Kier molecular flexibility index (Phi) is 8.34. The van der Waals surface area contributed by atoms with Gasteiger partial charge in [-0.3, -0.25) is 9.59 Å². The summed E-state index contributed by atoms with van der Waals surface area (Å²) >= 11 is 3.17. The molecular weight excluding hydrogens is 438 g/mol. The number of rotatable bonds is 9. The van der Waals surface area contributed by atoms with Gasteiger partial charge in [0, 0.05) is 36.3 Å². The molecule has 0 bridgehead atoms. The zero-order valence-electron chi connectivity index (χ0n) is 15.1. The van der Waals surface area contributed by atoms with Crippen LogP contribution in [0.5, 0.6) is 5.75 Å². The molecule has 2 rings (SSSR count). The van der Waals surface area contributed by atoms with Crippen molar-refractivity contribution in [1.29, 1.82) is 0 Å². The van der Waals surface area contributed by atoms with Crippen LogP contribution in [0.4, 0.5) is 14.5 Å². The van der Waals surface area contributed by atoms with Crippen LogP contribution in [0.15, 0.2) is 40.9 Å². The number of hydrogen-bond donors (Lipinski definition) is 2. The van der Waals surface area contributed by atoms with Gasteiger partial charge >= 0.3 is 0 Å². The molecule has 0 atom stereocenters. The number of hydrogen-bond acceptors (Lipinski definition) is 4. The van der Waals surface area contributed by atoms with E-state index < -0.39 is 23.4 Å². The van der Waals surface area contributed by atoms with Gasteiger partial charge in [-0.25, -0.2) is 8.78 Å². The Morgan fingerprint density at radius 1 is 1.11 bits per heavy atom. The number of carbonyl (C=O) groups is 2. The topological polar surface area (TPSA) is 76.7 Å². The number of methoxy groups -OCH3 is 1. The molecule has 0 saturated carbocycles. The largest absolute Gasteiger partial charge is 0.488 e. The first-order valence-corrected chi connectivity index (χ1v) is 9.14. The summed E-state index contributed by atoms with van der Waals surface area (Å²) in [7, 11) is 1.51. The second kappa shape index (κ2) is 10.7. The van der Waals surface area contributed by atoms with Crippen molar-refractivity contribution in [1.82, 2.24) is 5.32 Å². The fraction of sp³-hybridized carbons (Fsp3) is 0.263. The minimum atomic E-state index is -0.613. The molecule has 0 spiro atoms. The first kappa shape index (κ1) is 21.8. The summed E-state index contributed by atoms with van der Waals surface area (Å²) in [4.78, 5) is 24.0. The molecule has 0 aliphatic rings. The smallest absolute Gasteiger partial charge is 0.252 e. The van der Waals surface area contributed by atoms with Gasteiger partial charge in [-0.05, 0) is 46.3 Å². The summed E-state index contributed by atoms with van der Waals surface area (Å²) < 4.78 is 37.6. The first-order valence-electron chi connectivity index (χ1n) is 8.35. The van der Waals surface area contributed by atoms with E-state index in [9.17, 15) is 18.4 Å². The Hall–Kier alpha value is -2.52. The molecule has 0 unspecified atom stereocenters. The Morgan fingerprint density at radius 3 is 2.61 bits per heavy atom. The van der Waals surface area contributed by atoms with Crippen molar-refractivity contribution in [2.75, 3.05) is 32.2 Å². The molecule has 2 N–H and O–H groups in total. The fourth-order valence-electron chi connectivity index (χ4n) is 2.21. The van der Waals surface area contributed by atoms with Gasteiger partial charge in [0.1, 0.15) is 12.4 Å². The lowest BCUT2D eigenvalue weighted by Gasteiger charge is -2.10. The Morgan fingerprint density at radius 2 is 1.89 bits per heavy atom. The quantitative estimate of drug-likeness (QED) is 0.566. The lowest BCUT2D eigenvalue weighted by atomic mass is 10.2. The van der Waals surface area contributed by atoms with E-state index in [0.29, 0.717) is 11.1 Å². The molecule has 0 aliphatic heterocycles. The van der Waals surface area contributed by atoms with E-state index in [1.165, 1.54) is 31.4 Å². The van der Waals surface area contributed by atoms with Gasteiger partial charge in [-0.2, -0.15) is 0 Å². The van der Waals surface area contributed by atoms with Gasteiger partial charge < -0.3 is 20.1 Å². The number of nitrogens with one attached hydrogen (secondary N) is 2. The molecule has 2 amide bonds. The highest BCUT2D eigenvalue weighted by atomic mass is 79.9. The fourth-order valence-corrected chi connectivity index (χ4v) is 2.64. The van der Waals surface area contributed by atoms with E-state index in [2.05, 4.69) is 26.6 Å². The third-order valence-electron chi connectivity index (χ3n) is 3.57. The van der Waals surface area contributed by atoms with Crippen molar-refractivity contribution >= 4 is 33.4 Å². The molecule has 0 fully saturated rings. The predicted octanol–water partition coefficient (Wildman–Crippen LogP) is 3.51. The number of amides is 2. The van der Waals surface area contributed by atoms with E-state index in [0.717, 1.165) is 12.1 Å². The number of halogens is 3. The van der Waals surface area contributed by atoms with Gasteiger partial charge in [-0.1, -0.05) is 0 Å². The summed E-state index contributed by atoms with van der Waals surface area (Å²) in [5.41, 5.74) is 0.396. The number of ether oxygens (including phenoxy) is 2. The number of anilines is 1. The Labute approximate surface area is 169 Å². The molecule has 2 aromatic carbocycles. The summed E-state index contributed by atoms with van der Waals surface area (Å²) in [6.45, 7) is 0.574. The third kappa shape index (κ3) is 6.58. The van der Waals surface area contributed by atoms with Crippen LogP contribution in [0.1, 0.15) is 16.8 Å². The Bertz CT molecular complexity index is 849. The van der Waals surface area contributed by atoms with Crippen molar-refractivity contribution in [3.05, 3.63) is 58.1 Å². The average molecular weight is 457 g/mol. The van der Waals surface area contributed by atoms with Crippen molar-refractivity contribution in [2.24, 2.45) is 0 Å². The maximum Gasteiger partial charge on any atom is 0.252 e. The molecular formula is C19H19BrF2N2O4. The zero-order chi connectivity index (χ0) is 20.5. The molecule has 0 saturated heterocycles. The van der Waals surface area contributed by atoms with Crippen LogP contribution in [0, 0.1) is 11.6 Å². The lowest BCUT2D eigenvalue weighted by molar-refractivity contribution is -0.116. The van der Waals surface area contributed by atoms with Crippen LogP contribution >= 0.6 is 15.9 Å². The zero-order valence-corrected chi connectivity index (χ0v) is 16.6. The average Bonchev–Trinajstić information content (AvgIpc) is 2.65. The van der Waals surface area contributed by atoms with Gasteiger partial charge in [-0.15, -0.1) is 0 Å². The molecule has 150 valence electrons. The van der Waals surface area contributed by atoms with Gasteiger partial charge in [0.25, 0.3) is 5.91 Å². The van der Waals surface area contributed by atoms with Crippen molar-refractivity contribution in [3.63, 3.8) is 0 Å². The number of carbonyl (C=O) groups excluding carboxylic acids is 2. The summed E-state index contributed by atoms with van der Waals surface area (Å²) in [6, 6.07) is 7.80. The highest BCUT2D eigenvalue weighted by molar-refractivity contribution is 9.10. The summed E-state index contributed by atoms with van der Waals surface area (Å²) in [5, 5.41) is 5.06. The van der Waals surface area contributed by atoms with Crippen molar-refractivity contribution in [3.8, 4) is 5.75 Å². The summed E-state index contributed by atoms with van der Waals surface area (Å²) in [6.07, 6.45) is -0.0353. The monoisotopic (exact) mass is 456 g/mol. The SMILES string of the molecule is COCCOc1ccc(NC(=O)CCNC(=O)c2cc(F)ccc2Br)cc1F. The molecule has 0 heterocycles. The van der Waals surface area contributed by atoms with Crippen molar-refractivity contribution < 1.29 is 27.8 Å². The predicted molar refractivity (Wildman–Crippen MR) is 103 cm³/mol. The number of benzene rings is 2. The second-order valence-corrected chi connectivity index (χ2v) is 6.52. The van der Waals surface area contributed by atoms with Crippen LogP contribution < -0.4 is 15.4 Å². The van der Waals surface area contributed by atoms with Crippen LogP contribution in [0.2, 0.25) is 0 Å². The normalized spacial score (nSPS) is 10.4. The molecule has 6 nitrogen and oxygen atoms in total. The van der Waals surface area contributed by atoms with E-state index in [1.54, 1.807) is 0 Å². The minimum absolute atomic E-state index is 0.0353. The van der Waals surface area contributed by atoms with Gasteiger partial charge in [0.2, 0.25) is 5.91 Å². The van der Waals surface area contributed by atoms with Crippen LogP contribution in [-0.4, -0.2) is 38.7 Å². The molecule has 0 aromatic heterocycles. The standard InChI is InChI=1S/C19H19BrF2N2O4/c1-27-8-9-28-17-5-3-13(11-16(17)22)24-18(25)6-7-23-19(26)14-10-12(21)2-4-15(14)20/h2-5,10-11H,6-9H2,1H3,(H,23,26)(H,24,25). The summed E-state index contributed by atoms with van der Waals surface area (Å²) in [5.74, 6) is -2.02. The Balaban J connectivity index is 1.81. The maximum absolute atomic E-state index is 13.9. The second-order valence-electron chi connectivity index (χ2n) is 5.66.